The van der Waals surface area contributed by atoms with Gasteiger partial charge in [-0.05, 0) is 6.07 Å². The van der Waals surface area contributed by atoms with Crippen LogP contribution in [0.1, 0.15) is 11.5 Å². The molecule has 0 unspecified atom stereocenters. The molecule has 1 aromatic rings. The van der Waals surface area contributed by atoms with Gasteiger partial charge in [-0.3, -0.25) is 0 Å². The van der Waals surface area contributed by atoms with Crippen LogP contribution >= 0.6 is 0 Å². The van der Waals surface area contributed by atoms with Gasteiger partial charge in [-0.25, -0.2) is 4.98 Å². The number of rotatable bonds is 0. The van der Waals surface area contributed by atoms with E-state index in [1.807, 2.05) is 0 Å². The van der Waals surface area contributed by atoms with Gasteiger partial charge in [0.15, 0.2) is 0 Å². The third-order valence-electron chi connectivity index (χ3n) is 2.08. The normalized spacial score (nSPS) is 21.0. The van der Waals surface area contributed by atoms with Crippen LogP contribution in [0.25, 0.3) is 0 Å². The summed E-state index contributed by atoms with van der Waals surface area (Å²) >= 11 is 0. The maximum absolute atomic E-state index is 12.4. The molecule has 5 heteroatoms. The lowest BCUT2D eigenvalue weighted by molar-refractivity contribution is -0.145. The van der Waals surface area contributed by atoms with E-state index in [1.165, 1.54) is 18.3 Å². The van der Waals surface area contributed by atoms with Crippen LogP contribution < -0.4 is 5.32 Å². The summed E-state index contributed by atoms with van der Waals surface area (Å²) in [5.74, 6) is -1.05. The first-order valence-electron chi connectivity index (χ1n) is 3.84. The molecule has 2 nitrogen and oxygen atoms in total. The van der Waals surface area contributed by atoms with Crippen molar-refractivity contribution in [1.82, 2.24) is 4.98 Å². The van der Waals surface area contributed by atoms with Crippen molar-refractivity contribution in [2.45, 2.75) is 12.1 Å². The second kappa shape index (κ2) is 2.61. The van der Waals surface area contributed by atoms with Gasteiger partial charge >= 0.3 is 6.18 Å². The first kappa shape index (κ1) is 8.34. The Hall–Kier alpha value is -1.26. The first-order valence-corrected chi connectivity index (χ1v) is 3.84. The predicted octanol–water partition coefficient (Wildman–Crippen LogP) is 2.15. The van der Waals surface area contributed by atoms with Crippen LogP contribution in [0.3, 0.4) is 0 Å². The third kappa shape index (κ3) is 1.34. The minimum absolute atomic E-state index is 0.101. The lowest BCUT2D eigenvalue weighted by Gasteiger charge is -2.13. The highest BCUT2D eigenvalue weighted by Gasteiger charge is 2.44. The lowest BCUT2D eigenvalue weighted by atomic mass is 10.0. The molecule has 0 aromatic carbocycles. The highest BCUT2D eigenvalue weighted by atomic mass is 19.4. The maximum Gasteiger partial charge on any atom is 0.397 e. The van der Waals surface area contributed by atoms with E-state index in [-0.39, 0.29) is 12.1 Å². The topological polar surface area (TPSA) is 24.9 Å². The zero-order valence-electron chi connectivity index (χ0n) is 6.60. The van der Waals surface area contributed by atoms with Crippen LogP contribution in [0.5, 0.6) is 0 Å². The van der Waals surface area contributed by atoms with Crippen molar-refractivity contribution in [3.05, 3.63) is 23.9 Å². The number of hydrogen-bond acceptors (Lipinski definition) is 2. The molecule has 0 aliphatic carbocycles. The Labute approximate surface area is 72.8 Å². The average Bonchev–Trinajstić information content (AvgIpc) is 2.45. The van der Waals surface area contributed by atoms with Crippen LogP contribution in [0.2, 0.25) is 0 Å². The molecule has 0 radical (unpaired) electrons. The number of halogens is 3. The van der Waals surface area contributed by atoms with E-state index >= 15 is 0 Å². The van der Waals surface area contributed by atoms with Gasteiger partial charge in [0.2, 0.25) is 0 Å². The van der Waals surface area contributed by atoms with Gasteiger partial charge in [-0.1, -0.05) is 6.07 Å². The fraction of sp³-hybridized carbons (Fsp3) is 0.375. The fourth-order valence-electron chi connectivity index (χ4n) is 1.45. The van der Waals surface area contributed by atoms with E-state index in [1.54, 1.807) is 0 Å². The molecule has 0 spiro atoms. The highest BCUT2D eigenvalue weighted by molar-refractivity contribution is 5.52. The zero-order chi connectivity index (χ0) is 9.47. The van der Waals surface area contributed by atoms with Gasteiger partial charge in [-0.15, -0.1) is 0 Å². The second-order valence-corrected chi connectivity index (χ2v) is 2.92. The summed E-state index contributed by atoms with van der Waals surface area (Å²) in [4.78, 5) is 3.81. The monoisotopic (exact) mass is 188 g/mol. The highest BCUT2D eigenvalue weighted by Crippen LogP contribution is 2.40. The van der Waals surface area contributed by atoms with Crippen molar-refractivity contribution in [2.24, 2.45) is 0 Å². The molecule has 70 valence electrons. The summed E-state index contributed by atoms with van der Waals surface area (Å²) in [6.45, 7) is -0.101. The van der Waals surface area contributed by atoms with E-state index in [2.05, 4.69) is 10.3 Å². The number of pyridine rings is 1. The second-order valence-electron chi connectivity index (χ2n) is 2.92. The molecule has 1 aliphatic rings. The standard InChI is InChI=1S/C8H7F3N2/c9-8(10,11)6-4-13-7-5(6)2-1-3-12-7/h1-3,6H,4H2,(H,12,13)/t6-/m0/s1. The minimum atomic E-state index is -4.18. The Bertz CT molecular complexity index is 321. The molecule has 1 aromatic heterocycles. The molecule has 0 fully saturated rings. The van der Waals surface area contributed by atoms with Crippen molar-refractivity contribution in [1.29, 1.82) is 0 Å². The fourth-order valence-corrected chi connectivity index (χ4v) is 1.45. The Morgan fingerprint density at radius 2 is 2.23 bits per heavy atom. The molecule has 1 aliphatic heterocycles. The van der Waals surface area contributed by atoms with Crippen LogP contribution in [0, 0.1) is 0 Å². The number of aromatic nitrogens is 1. The van der Waals surface area contributed by atoms with E-state index in [4.69, 9.17) is 0 Å². The number of hydrogen-bond donors (Lipinski definition) is 1. The van der Waals surface area contributed by atoms with E-state index < -0.39 is 12.1 Å². The van der Waals surface area contributed by atoms with Gasteiger partial charge < -0.3 is 5.32 Å². The average molecular weight is 188 g/mol. The summed E-state index contributed by atoms with van der Waals surface area (Å²) in [5, 5.41) is 2.63. The minimum Gasteiger partial charge on any atom is -0.369 e. The Kier molecular flexibility index (Phi) is 1.68. The molecule has 13 heavy (non-hydrogen) atoms. The largest absolute Gasteiger partial charge is 0.397 e. The quantitative estimate of drug-likeness (QED) is 0.674. The Morgan fingerprint density at radius 1 is 1.46 bits per heavy atom. The molecule has 0 bridgehead atoms. The van der Waals surface area contributed by atoms with Gasteiger partial charge in [0.05, 0.1) is 0 Å². The molecular weight excluding hydrogens is 181 g/mol. The van der Waals surface area contributed by atoms with E-state index in [9.17, 15) is 13.2 Å². The van der Waals surface area contributed by atoms with Crippen LogP contribution in [-0.4, -0.2) is 17.7 Å². The smallest absolute Gasteiger partial charge is 0.369 e. The van der Waals surface area contributed by atoms with Gasteiger partial charge in [-0.2, -0.15) is 13.2 Å². The zero-order valence-corrected chi connectivity index (χ0v) is 6.60. The molecule has 1 N–H and O–H groups in total. The molecule has 2 heterocycles. The van der Waals surface area contributed by atoms with Gasteiger partial charge in [0, 0.05) is 18.3 Å². The predicted molar refractivity (Wildman–Crippen MR) is 41.5 cm³/mol. The summed E-state index contributed by atoms with van der Waals surface area (Å²) in [6.07, 6.45) is -2.70. The van der Waals surface area contributed by atoms with Gasteiger partial charge in [0.25, 0.3) is 0 Å². The lowest BCUT2D eigenvalue weighted by Crippen LogP contribution is -2.22. The van der Waals surface area contributed by atoms with Gasteiger partial charge in [0.1, 0.15) is 11.7 Å². The van der Waals surface area contributed by atoms with Crippen molar-refractivity contribution in [3.8, 4) is 0 Å². The summed E-state index contributed by atoms with van der Waals surface area (Å²) in [7, 11) is 0. The van der Waals surface area contributed by atoms with Crippen LogP contribution in [0.15, 0.2) is 18.3 Å². The number of nitrogens with one attached hydrogen (secondary N) is 1. The maximum atomic E-state index is 12.4. The molecule has 0 saturated carbocycles. The number of anilines is 1. The Balaban J connectivity index is 2.39. The molecule has 1 atom stereocenters. The molecule has 0 amide bonds. The van der Waals surface area contributed by atoms with Crippen molar-refractivity contribution >= 4 is 5.82 Å². The van der Waals surface area contributed by atoms with Crippen LogP contribution in [-0.2, 0) is 0 Å². The van der Waals surface area contributed by atoms with Crippen LogP contribution in [0.4, 0.5) is 19.0 Å². The summed E-state index contributed by atoms with van der Waals surface area (Å²) in [6, 6.07) is 2.98. The third-order valence-corrected chi connectivity index (χ3v) is 2.08. The number of alkyl halides is 3. The SMILES string of the molecule is FC(F)(F)[C@H]1CNc2ncccc21. The first-order chi connectivity index (χ1) is 6.09. The van der Waals surface area contributed by atoms with Crippen molar-refractivity contribution in [2.75, 3.05) is 11.9 Å². The molecule has 0 saturated heterocycles. The Morgan fingerprint density at radius 3 is 2.92 bits per heavy atom. The van der Waals surface area contributed by atoms with Crippen molar-refractivity contribution in [3.63, 3.8) is 0 Å². The van der Waals surface area contributed by atoms with Crippen molar-refractivity contribution < 1.29 is 13.2 Å². The molecular formula is C8H7F3N2. The molecule has 2 rings (SSSR count). The number of nitrogens with zero attached hydrogens (tertiary/aromatic N) is 1. The van der Waals surface area contributed by atoms with E-state index in [0.29, 0.717) is 5.82 Å². The van der Waals surface area contributed by atoms with E-state index in [0.717, 1.165) is 0 Å². The summed E-state index contributed by atoms with van der Waals surface area (Å²) < 4.78 is 37.1. The number of fused-ring (bicyclic) bond motifs is 1. The summed E-state index contributed by atoms with van der Waals surface area (Å²) in [5.41, 5.74) is 0.245.